The third-order valence-electron chi connectivity index (χ3n) is 20.1. The Balaban J connectivity index is 0.852. The zero-order valence-electron chi connectivity index (χ0n) is 42.7. The maximum atomic E-state index is 14.8. The van der Waals surface area contributed by atoms with Gasteiger partial charge in [0.1, 0.15) is 11.3 Å². The van der Waals surface area contributed by atoms with Crippen LogP contribution in [-0.4, -0.2) is 103 Å². The van der Waals surface area contributed by atoms with E-state index in [0.717, 1.165) is 56.9 Å². The molecule has 1 saturated heterocycles. The molecule has 2 aromatic carbocycles. The van der Waals surface area contributed by atoms with Crippen molar-refractivity contribution in [1.29, 1.82) is 0 Å². The molecule has 1 heterocycles. The SMILES string of the molecule is C=C(C)[C@@H]1CC[C@]2(C(=O)NCCc3cccc(C(=O)NCc4ccc(OCCCN5CCN(S(=O)(=O)CC)CC5)c(C(=O)O)c4)c3)CC[C@]3(C)C(CCC4[C@@]5(C)CC[C@H](O)C(C)(C)C5CC[C@]43C)C12. The van der Waals surface area contributed by atoms with Crippen LogP contribution in [0, 0.1) is 56.7 Å². The second kappa shape index (κ2) is 19.7. The first-order valence-electron chi connectivity index (χ1n) is 26.3. The number of benzene rings is 2. The highest BCUT2D eigenvalue weighted by atomic mass is 32.2. The Morgan fingerprint density at radius 2 is 1.59 bits per heavy atom. The number of carboxylic acid groups (broad SMARTS) is 1. The molecule has 0 spiro atoms. The van der Waals surface area contributed by atoms with E-state index in [1.54, 1.807) is 25.1 Å². The Morgan fingerprint density at radius 3 is 2.30 bits per heavy atom. The van der Waals surface area contributed by atoms with E-state index in [1.165, 1.54) is 28.8 Å². The van der Waals surface area contributed by atoms with Gasteiger partial charge in [0.25, 0.3) is 5.91 Å². The third-order valence-corrected chi connectivity index (χ3v) is 22.0. The number of carbonyl (C=O) groups is 3. The van der Waals surface area contributed by atoms with Gasteiger partial charge in [0, 0.05) is 51.4 Å². The van der Waals surface area contributed by atoms with E-state index in [-0.39, 0.29) is 69.1 Å². The molecule has 6 fully saturated rings. The first-order chi connectivity index (χ1) is 32.6. The molecule has 0 aromatic heterocycles. The molecule has 4 unspecified atom stereocenters. The number of hydrogen-bond donors (Lipinski definition) is 4. The van der Waals surface area contributed by atoms with Gasteiger partial charge in [0.15, 0.2) is 0 Å². The Labute approximate surface area is 412 Å². The van der Waals surface area contributed by atoms with Gasteiger partial charge in [-0.2, -0.15) is 4.31 Å². The molecule has 2 aromatic rings. The number of piperazine rings is 1. The van der Waals surface area contributed by atoms with Crippen LogP contribution in [0.3, 0.4) is 0 Å². The normalized spacial score (nSPS) is 34.3. The fraction of sp³-hybridized carbons (Fsp3) is 0.696. The first-order valence-corrected chi connectivity index (χ1v) is 27.9. The lowest BCUT2D eigenvalue weighted by Gasteiger charge is -2.72. The van der Waals surface area contributed by atoms with Gasteiger partial charge in [0.05, 0.1) is 23.9 Å². The molecule has 8 rings (SSSR count). The number of carboxylic acids is 1. The van der Waals surface area contributed by atoms with Crippen LogP contribution in [0.25, 0.3) is 0 Å². The number of ether oxygens (including phenoxy) is 1. The molecule has 2 amide bonds. The number of nitrogens with one attached hydrogen (secondary N) is 2. The zero-order valence-corrected chi connectivity index (χ0v) is 43.5. The summed E-state index contributed by atoms with van der Waals surface area (Å²) in [7, 11) is -3.19. The van der Waals surface area contributed by atoms with Crippen LogP contribution in [0.5, 0.6) is 5.75 Å². The number of aromatic carboxylic acids is 1. The number of amides is 2. The summed E-state index contributed by atoms with van der Waals surface area (Å²) in [6.45, 7) is 24.7. The van der Waals surface area contributed by atoms with Crippen molar-refractivity contribution in [3.63, 3.8) is 0 Å². The van der Waals surface area contributed by atoms with Crippen molar-refractivity contribution in [1.82, 2.24) is 19.8 Å². The smallest absolute Gasteiger partial charge is 0.339 e. The van der Waals surface area contributed by atoms with Crippen molar-refractivity contribution in [2.24, 2.45) is 56.7 Å². The van der Waals surface area contributed by atoms with E-state index in [9.17, 15) is 33.0 Å². The zero-order chi connectivity index (χ0) is 49.7. The van der Waals surface area contributed by atoms with Crippen LogP contribution in [-0.2, 0) is 27.8 Å². The van der Waals surface area contributed by atoms with Gasteiger partial charge in [-0.15, -0.1) is 0 Å². The largest absolute Gasteiger partial charge is 0.493 e. The van der Waals surface area contributed by atoms with Gasteiger partial charge in [-0.05, 0) is 178 Å². The summed E-state index contributed by atoms with van der Waals surface area (Å²) in [4.78, 5) is 42.7. The summed E-state index contributed by atoms with van der Waals surface area (Å²) in [5.74, 6) is 1.33. The van der Waals surface area contributed by atoms with Crippen LogP contribution in [0.2, 0.25) is 0 Å². The minimum absolute atomic E-state index is 0.0223. The second-order valence-corrected chi connectivity index (χ2v) is 25.8. The van der Waals surface area contributed by atoms with Gasteiger partial charge in [0.2, 0.25) is 15.9 Å². The van der Waals surface area contributed by atoms with E-state index in [4.69, 9.17) is 4.74 Å². The molecule has 1 aliphatic heterocycles. The summed E-state index contributed by atoms with van der Waals surface area (Å²) in [6, 6.07) is 12.4. The summed E-state index contributed by atoms with van der Waals surface area (Å²) in [5.41, 5.74) is 3.33. The van der Waals surface area contributed by atoms with Gasteiger partial charge < -0.3 is 30.5 Å². The maximum Gasteiger partial charge on any atom is 0.339 e. The van der Waals surface area contributed by atoms with Crippen LogP contribution in [0.15, 0.2) is 54.6 Å². The summed E-state index contributed by atoms with van der Waals surface area (Å²) in [6.07, 6.45) is 11.6. The molecule has 69 heavy (non-hydrogen) atoms. The van der Waals surface area contributed by atoms with Gasteiger partial charge >= 0.3 is 5.97 Å². The number of aliphatic hydroxyl groups excluding tert-OH is 1. The molecule has 5 saturated carbocycles. The average Bonchev–Trinajstić information content (AvgIpc) is 3.73. The minimum atomic E-state index is -3.19. The summed E-state index contributed by atoms with van der Waals surface area (Å²) in [5, 5.41) is 27.6. The molecule has 380 valence electrons. The number of nitrogens with zero attached hydrogens (tertiary/aromatic N) is 2. The third kappa shape index (κ3) is 9.33. The molecule has 12 nitrogen and oxygen atoms in total. The fourth-order valence-corrected chi connectivity index (χ4v) is 17.1. The monoisotopic (exact) mass is 971 g/mol. The molecular formula is C56H82N4O8S. The fourth-order valence-electron chi connectivity index (χ4n) is 16.0. The minimum Gasteiger partial charge on any atom is -0.493 e. The van der Waals surface area contributed by atoms with Crippen molar-refractivity contribution < 1.29 is 37.8 Å². The van der Waals surface area contributed by atoms with E-state index in [2.05, 4.69) is 63.7 Å². The number of rotatable bonds is 16. The topological polar surface area (TPSA) is 166 Å². The van der Waals surface area contributed by atoms with Crippen molar-refractivity contribution in [3.05, 3.63) is 76.9 Å². The van der Waals surface area contributed by atoms with Crippen LogP contribution in [0.1, 0.15) is 151 Å². The lowest BCUT2D eigenvalue weighted by molar-refractivity contribution is -0.246. The predicted molar refractivity (Wildman–Crippen MR) is 270 cm³/mol. The molecule has 0 radical (unpaired) electrons. The van der Waals surface area contributed by atoms with Crippen LogP contribution >= 0.6 is 0 Å². The number of aliphatic hydroxyl groups is 1. The van der Waals surface area contributed by atoms with Crippen molar-refractivity contribution in [2.45, 2.75) is 138 Å². The molecule has 4 N–H and O–H groups in total. The Kier molecular flexibility index (Phi) is 14.7. The van der Waals surface area contributed by atoms with Gasteiger partial charge in [-0.1, -0.05) is 65.0 Å². The molecule has 6 aliphatic rings. The number of sulfonamides is 1. The highest BCUT2D eigenvalue weighted by Gasteiger charge is 2.71. The Hall–Kier alpha value is -3.78. The summed E-state index contributed by atoms with van der Waals surface area (Å²) >= 11 is 0. The highest BCUT2D eigenvalue weighted by Crippen LogP contribution is 2.77. The molecule has 0 bridgehead atoms. The predicted octanol–water partition coefficient (Wildman–Crippen LogP) is 8.73. The standard InChI is InChI=1S/C56H82N4O8S/c1-9-69(66,67)60-31-29-59(30-32-60)28-11-33-68-44-16-14-39(35-42(44)50(63)64)36-58-49(62)40-13-10-12-38(34-40)21-27-57-51(65)56-24-18-41(37(2)3)48(56)43-15-17-46-53(6)22-20-47(61)52(4,5)45(53)19-23-55(46,8)54(43,7)25-26-56/h10,12-14,16,34-35,41,43,45-48,61H,2,9,11,15,17-33,36H2,1,3-8H3,(H,57,65)(H,58,62)(H,63,64)/t41-,43?,45?,46?,47-,48?,53-,54+,55+,56-/m0/s1. The van der Waals surface area contributed by atoms with E-state index in [0.29, 0.717) is 93.5 Å². The number of allylic oxidation sites excluding steroid dienone is 1. The molecule has 10 atom stereocenters. The molecular weight excluding hydrogens is 889 g/mol. The number of carbonyl (C=O) groups excluding carboxylic acids is 2. The average molecular weight is 971 g/mol. The van der Waals surface area contributed by atoms with Crippen molar-refractivity contribution >= 4 is 27.8 Å². The van der Waals surface area contributed by atoms with Crippen molar-refractivity contribution in [3.8, 4) is 5.75 Å². The van der Waals surface area contributed by atoms with Crippen LogP contribution < -0.4 is 15.4 Å². The van der Waals surface area contributed by atoms with E-state index >= 15 is 0 Å². The van der Waals surface area contributed by atoms with Crippen LogP contribution in [0.4, 0.5) is 0 Å². The Bertz CT molecular complexity index is 2380. The molecule has 13 heteroatoms. The van der Waals surface area contributed by atoms with Crippen molar-refractivity contribution in [2.75, 3.05) is 51.6 Å². The number of hydrogen-bond acceptors (Lipinski definition) is 8. The number of fused-ring (bicyclic) bond motifs is 7. The maximum absolute atomic E-state index is 14.8. The quantitative estimate of drug-likeness (QED) is 0.0951. The van der Waals surface area contributed by atoms with Gasteiger partial charge in [-0.3, -0.25) is 9.59 Å². The second-order valence-electron chi connectivity index (χ2n) is 23.6. The van der Waals surface area contributed by atoms with E-state index < -0.39 is 21.4 Å². The van der Waals surface area contributed by atoms with Gasteiger partial charge in [-0.25, -0.2) is 13.2 Å². The highest BCUT2D eigenvalue weighted by molar-refractivity contribution is 7.89. The summed E-state index contributed by atoms with van der Waals surface area (Å²) < 4.78 is 31.8. The Morgan fingerprint density at radius 1 is 0.841 bits per heavy atom. The first kappa shape index (κ1) is 51.6. The lowest BCUT2D eigenvalue weighted by atomic mass is 9.32. The lowest BCUT2D eigenvalue weighted by Crippen LogP contribution is -2.67. The van der Waals surface area contributed by atoms with E-state index in [1.807, 2.05) is 18.2 Å². The molecule has 5 aliphatic carbocycles.